The van der Waals surface area contributed by atoms with Gasteiger partial charge in [0.05, 0.1) is 5.25 Å². The van der Waals surface area contributed by atoms with Gasteiger partial charge in [-0.25, -0.2) is 4.68 Å². The van der Waals surface area contributed by atoms with Crippen molar-refractivity contribution in [3.63, 3.8) is 0 Å². The third-order valence-electron chi connectivity index (χ3n) is 2.50. The largest absolute Gasteiger partial charge is 0.327 e. The monoisotopic (exact) mass is 327 g/mol. The lowest BCUT2D eigenvalue weighted by Crippen LogP contribution is -2.23. The quantitative estimate of drug-likeness (QED) is 0.871. The minimum absolute atomic E-state index is 0.00889. The lowest BCUT2D eigenvalue weighted by atomic mass is 10.1. The number of hydrogen-bond donors (Lipinski definition) is 1. The number of benzene rings is 1. The second-order valence-electron chi connectivity index (χ2n) is 4.00. The second kappa shape index (κ2) is 5.81. The first-order chi connectivity index (χ1) is 8.59. The highest BCUT2D eigenvalue weighted by atomic mass is 79.9. The van der Waals surface area contributed by atoms with E-state index in [9.17, 15) is 0 Å². The molecule has 0 bridgehead atoms. The van der Waals surface area contributed by atoms with E-state index in [-0.39, 0.29) is 11.3 Å². The van der Waals surface area contributed by atoms with E-state index in [0.717, 1.165) is 15.2 Å². The predicted molar refractivity (Wildman–Crippen MR) is 75.2 cm³/mol. The van der Waals surface area contributed by atoms with Crippen LogP contribution in [0.15, 0.2) is 33.9 Å². The van der Waals surface area contributed by atoms with Gasteiger partial charge in [-0.05, 0) is 29.0 Å². The molecule has 2 N–H and O–H groups in total. The van der Waals surface area contributed by atoms with Crippen LogP contribution in [0.3, 0.4) is 0 Å². The van der Waals surface area contributed by atoms with Crippen LogP contribution in [0.25, 0.3) is 0 Å². The summed E-state index contributed by atoms with van der Waals surface area (Å²) in [4.78, 5) is 0. The van der Waals surface area contributed by atoms with Crippen molar-refractivity contribution >= 4 is 27.7 Å². The van der Waals surface area contributed by atoms with Gasteiger partial charge < -0.3 is 5.73 Å². The molecule has 0 fully saturated rings. The number of thioether (sulfide) groups is 1. The van der Waals surface area contributed by atoms with Crippen LogP contribution in [0, 0.1) is 0 Å². The van der Waals surface area contributed by atoms with Crippen LogP contribution in [0.1, 0.15) is 17.7 Å². The van der Waals surface area contributed by atoms with Crippen molar-refractivity contribution in [2.75, 3.05) is 0 Å². The summed E-state index contributed by atoms with van der Waals surface area (Å²) >= 11 is 5.13. The maximum Gasteiger partial charge on any atom is 0.209 e. The van der Waals surface area contributed by atoms with Crippen LogP contribution in [0.4, 0.5) is 0 Å². The van der Waals surface area contributed by atoms with E-state index in [2.05, 4.69) is 37.5 Å². The summed E-state index contributed by atoms with van der Waals surface area (Å²) in [5, 5.41) is 12.3. The van der Waals surface area contributed by atoms with E-state index < -0.39 is 0 Å². The third kappa shape index (κ3) is 2.90. The number of tetrazole rings is 1. The molecular formula is C11H14BrN5S. The highest BCUT2D eigenvalue weighted by molar-refractivity contribution is 9.10. The van der Waals surface area contributed by atoms with Gasteiger partial charge in [0.2, 0.25) is 5.16 Å². The van der Waals surface area contributed by atoms with Crippen LogP contribution in [0.2, 0.25) is 0 Å². The number of aryl methyl sites for hydroxylation is 1. The molecule has 0 aliphatic heterocycles. The number of aromatic nitrogens is 4. The minimum Gasteiger partial charge on any atom is -0.327 e. The van der Waals surface area contributed by atoms with Gasteiger partial charge in [0.1, 0.15) is 0 Å². The number of hydrogen-bond acceptors (Lipinski definition) is 5. The Morgan fingerprint density at radius 2 is 2.11 bits per heavy atom. The number of nitrogens with two attached hydrogens (primary N) is 1. The Labute approximate surface area is 118 Å². The van der Waals surface area contributed by atoms with Crippen molar-refractivity contribution in [1.82, 2.24) is 20.2 Å². The Kier molecular flexibility index (Phi) is 4.36. The lowest BCUT2D eigenvalue weighted by Gasteiger charge is -2.20. The summed E-state index contributed by atoms with van der Waals surface area (Å²) in [6.45, 7) is 1.99. The molecule has 7 heteroatoms. The number of nitrogens with zero attached hydrogens (tertiary/aromatic N) is 4. The van der Waals surface area contributed by atoms with Crippen molar-refractivity contribution in [1.29, 1.82) is 0 Å². The summed E-state index contributed by atoms with van der Waals surface area (Å²) in [5.74, 6) is 0. The molecule has 0 aliphatic rings. The van der Waals surface area contributed by atoms with Gasteiger partial charge in [-0.1, -0.05) is 45.9 Å². The van der Waals surface area contributed by atoms with Crippen LogP contribution < -0.4 is 5.73 Å². The minimum atomic E-state index is -0.00889. The molecule has 0 amide bonds. The number of halogens is 1. The average Bonchev–Trinajstić information content (AvgIpc) is 2.73. The standard InChI is InChI=1S/C11H14BrN5S/c1-7(13)10(8-5-3-4-6-9(8)12)18-11-14-15-16-17(11)2/h3-7,10H,13H2,1-2H3. The Morgan fingerprint density at radius 1 is 1.39 bits per heavy atom. The van der Waals surface area contributed by atoms with E-state index in [1.807, 2.05) is 32.2 Å². The maximum atomic E-state index is 6.08. The maximum absolute atomic E-state index is 6.08. The molecule has 2 atom stereocenters. The van der Waals surface area contributed by atoms with Crippen molar-refractivity contribution in [3.8, 4) is 0 Å². The molecule has 5 nitrogen and oxygen atoms in total. The van der Waals surface area contributed by atoms with E-state index in [1.165, 1.54) is 0 Å². The molecule has 1 aromatic heterocycles. The van der Waals surface area contributed by atoms with E-state index in [4.69, 9.17) is 5.73 Å². The summed E-state index contributed by atoms with van der Waals surface area (Å²) in [7, 11) is 1.82. The van der Waals surface area contributed by atoms with Crippen molar-refractivity contribution in [2.45, 2.75) is 23.4 Å². The van der Waals surface area contributed by atoms with Gasteiger partial charge in [0.15, 0.2) is 0 Å². The molecule has 0 aliphatic carbocycles. The molecule has 2 rings (SSSR count). The van der Waals surface area contributed by atoms with E-state index in [0.29, 0.717) is 0 Å². The highest BCUT2D eigenvalue weighted by Crippen LogP contribution is 2.38. The first kappa shape index (κ1) is 13.5. The van der Waals surface area contributed by atoms with Gasteiger partial charge in [-0.15, -0.1) is 5.10 Å². The number of rotatable bonds is 4. The Hall–Kier alpha value is -0.920. The molecule has 1 aromatic carbocycles. The molecule has 2 unspecified atom stereocenters. The SMILES string of the molecule is CC(N)C(Sc1nnnn1C)c1ccccc1Br. The van der Waals surface area contributed by atoms with Crippen LogP contribution in [0.5, 0.6) is 0 Å². The van der Waals surface area contributed by atoms with Crippen LogP contribution >= 0.6 is 27.7 Å². The lowest BCUT2D eigenvalue weighted by molar-refractivity contribution is 0.657. The van der Waals surface area contributed by atoms with E-state index in [1.54, 1.807) is 16.4 Å². The van der Waals surface area contributed by atoms with Crippen LogP contribution in [-0.4, -0.2) is 26.2 Å². The first-order valence-electron chi connectivity index (χ1n) is 5.48. The fourth-order valence-corrected chi connectivity index (χ4v) is 3.32. The first-order valence-corrected chi connectivity index (χ1v) is 7.16. The van der Waals surface area contributed by atoms with Crippen molar-refractivity contribution in [3.05, 3.63) is 34.3 Å². The Morgan fingerprint density at radius 3 is 2.67 bits per heavy atom. The summed E-state index contributed by atoms with van der Waals surface area (Å²) in [5.41, 5.74) is 7.24. The average molecular weight is 328 g/mol. The zero-order valence-electron chi connectivity index (χ0n) is 10.1. The third-order valence-corrected chi connectivity index (χ3v) is 4.72. The van der Waals surface area contributed by atoms with Gasteiger partial charge >= 0.3 is 0 Å². The topological polar surface area (TPSA) is 69.6 Å². The zero-order valence-corrected chi connectivity index (χ0v) is 12.5. The molecule has 18 heavy (non-hydrogen) atoms. The van der Waals surface area contributed by atoms with Crippen molar-refractivity contribution in [2.24, 2.45) is 12.8 Å². The fourth-order valence-electron chi connectivity index (χ4n) is 1.59. The molecule has 0 spiro atoms. The summed E-state index contributed by atoms with van der Waals surface area (Å²) < 4.78 is 2.70. The predicted octanol–water partition coefficient (Wildman–Crippen LogP) is 2.15. The van der Waals surface area contributed by atoms with Crippen LogP contribution in [-0.2, 0) is 7.05 Å². The summed E-state index contributed by atoms with van der Waals surface area (Å²) in [6.07, 6.45) is 0. The molecule has 1 heterocycles. The smallest absolute Gasteiger partial charge is 0.209 e. The molecular weight excluding hydrogens is 314 g/mol. The molecule has 0 radical (unpaired) electrons. The molecule has 0 saturated heterocycles. The molecule has 0 saturated carbocycles. The zero-order chi connectivity index (χ0) is 13.1. The van der Waals surface area contributed by atoms with Gasteiger partial charge in [-0.3, -0.25) is 0 Å². The Balaban J connectivity index is 2.30. The van der Waals surface area contributed by atoms with E-state index >= 15 is 0 Å². The summed E-state index contributed by atoms with van der Waals surface area (Å²) in [6, 6.07) is 8.06. The van der Waals surface area contributed by atoms with Crippen molar-refractivity contribution < 1.29 is 0 Å². The molecule has 2 aromatic rings. The second-order valence-corrected chi connectivity index (χ2v) is 5.97. The highest BCUT2D eigenvalue weighted by Gasteiger charge is 2.22. The normalized spacial score (nSPS) is 14.4. The molecule has 96 valence electrons. The van der Waals surface area contributed by atoms with Gasteiger partial charge in [0.25, 0.3) is 0 Å². The fraction of sp³-hybridized carbons (Fsp3) is 0.364. The Bertz CT molecular complexity index is 528. The van der Waals surface area contributed by atoms with Gasteiger partial charge in [-0.2, -0.15) is 0 Å². The van der Waals surface area contributed by atoms with Gasteiger partial charge in [0, 0.05) is 17.6 Å².